The summed E-state index contributed by atoms with van der Waals surface area (Å²) in [5.41, 5.74) is 0. The maximum absolute atomic E-state index is 11.8. The molecule has 0 spiro atoms. The van der Waals surface area contributed by atoms with Crippen molar-refractivity contribution in [3.8, 4) is 0 Å². The average Bonchev–Trinajstić information content (AvgIpc) is 2.74. The van der Waals surface area contributed by atoms with Gasteiger partial charge >= 0.3 is 0 Å². The summed E-state index contributed by atoms with van der Waals surface area (Å²) >= 11 is 5.08. The molecule has 1 fully saturated rings. The fraction of sp³-hybridized carbons (Fsp3) is 0.583. The van der Waals surface area contributed by atoms with Gasteiger partial charge in [-0.25, -0.2) is 0 Å². The molecule has 1 saturated heterocycles. The molecule has 0 radical (unpaired) electrons. The zero-order valence-electron chi connectivity index (χ0n) is 9.67. The van der Waals surface area contributed by atoms with Crippen molar-refractivity contribution in [2.75, 3.05) is 13.1 Å². The highest BCUT2D eigenvalue weighted by Gasteiger charge is 2.16. The first kappa shape index (κ1) is 13.1. The third-order valence-corrected chi connectivity index (χ3v) is 4.71. The molecule has 2 N–H and O–H groups in total. The molecule has 94 valence electrons. The number of halogens is 1. The fourth-order valence-electron chi connectivity index (χ4n) is 2.05. The molecular formula is C12H17BrN2OS. The Balaban J connectivity index is 1.70. The van der Waals surface area contributed by atoms with Gasteiger partial charge in [-0.3, -0.25) is 4.79 Å². The largest absolute Gasteiger partial charge is 0.351 e. The second-order valence-corrected chi connectivity index (χ2v) is 6.32. The summed E-state index contributed by atoms with van der Waals surface area (Å²) < 4.78 is 1.09. The lowest BCUT2D eigenvalue weighted by molar-refractivity contribution is -0.122. The van der Waals surface area contributed by atoms with Crippen LogP contribution >= 0.6 is 27.3 Å². The molecule has 1 aromatic heterocycles. The topological polar surface area (TPSA) is 41.1 Å². The van der Waals surface area contributed by atoms with Crippen LogP contribution in [0.25, 0.3) is 0 Å². The number of amides is 1. The van der Waals surface area contributed by atoms with E-state index in [1.165, 1.54) is 4.88 Å². The molecule has 1 aromatic rings. The van der Waals surface area contributed by atoms with Gasteiger partial charge in [0.25, 0.3) is 0 Å². The quantitative estimate of drug-likeness (QED) is 0.896. The first-order valence-corrected chi connectivity index (χ1v) is 7.61. The molecule has 2 rings (SSSR count). The van der Waals surface area contributed by atoms with Crippen LogP contribution < -0.4 is 10.6 Å². The number of hydrogen-bond acceptors (Lipinski definition) is 3. The third-order valence-electron chi connectivity index (χ3n) is 3.01. The molecule has 2 heterocycles. The van der Waals surface area contributed by atoms with Gasteiger partial charge in [0.15, 0.2) is 0 Å². The van der Waals surface area contributed by atoms with Gasteiger partial charge in [0, 0.05) is 21.2 Å². The number of nitrogens with one attached hydrogen (secondary N) is 2. The smallest absolute Gasteiger partial charge is 0.220 e. The Morgan fingerprint density at radius 1 is 1.53 bits per heavy atom. The highest BCUT2D eigenvalue weighted by Crippen LogP contribution is 2.20. The van der Waals surface area contributed by atoms with Crippen LogP contribution in [0.5, 0.6) is 0 Å². The van der Waals surface area contributed by atoms with E-state index in [9.17, 15) is 4.79 Å². The van der Waals surface area contributed by atoms with Gasteiger partial charge in [0.05, 0.1) is 6.54 Å². The summed E-state index contributed by atoms with van der Waals surface area (Å²) in [5.74, 6) is 0.743. The molecular weight excluding hydrogens is 300 g/mol. The Labute approximate surface area is 114 Å². The van der Waals surface area contributed by atoms with Crippen molar-refractivity contribution in [1.29, 1.82) is 0 Å². The van der Waals surface area contributed by atoms with Gasteiger partial charge in [0.2, 0.25) is 5.91 Å². The monoisotopic (exact) mass is 316 g/mol. The Bertz CT molecular complexity index is 374. The lowest BCUT2D eigenvalue weighted by Gasteiger charge is -2.21. The number of carbonyl (C=O) groups is 1. The maximum Gasteiger partial charge on any atom is 0.220 e. The second kappa shape index (κ2) is 6.52. The third kappa shape index (κ3) is 4.41. The Morgan fingerprint density at radius 2 is 2.29 bits per heavy atom. The highest BCUT2D eigenvalue weighted by atomic mass is 79.9. The molecule has 1 aliphatic heterocycles. The number of rotatable bonds is 4. The summed E-state index contributed by atoms with van der Waals surface area (Å²) in [6.45, 7) is 2.76. The predicted octanol–water partition coefficient (Wildman–Crippen LogP) is 2.52. The van der Waals surface area contributed by atoms with E-state index < -0.39 is 0 Å². The average molecular weight is 317 g/mol. The van der Waals surface area contributed by atoms with Crippen molar-refractivity contribution in [1.82, 2.24) is 10.6 Å². The molecule has 0 bridgehead atoms. The number of thiophene rings is 1. The van der Waals surface area contributed by atoms with E-state index in [0.717, 1.165) is 30.4 Å². The van der Waals surface area contributed by atoms with E-state index in [4.69, 9.17) is 0 Å². The van der Waals surface area contributed by atoms with Gasteiger partial charge in [0.1, 0.15) is 0 Å². The van der Waals surface area contributed by atoms with Crippen LogP contribution in [-0.4, -0.2) is 19.0 Å². The van der Waals surface area contributed by atoms with E-state index >= 15 is 0 Å². The Morgan fingerprint density at radius 3 is 2.94 bits per heavy atom. The van der Waals surface area contributed by atoms with Crippen molar-refractivity contribution in [2.24, 2.45) is 5.92 Å². The lowest BCUT2D eigenvalue weighted by Crippen LogP contribution is -2.32. The summed E-state index contributed by atoms with van der Waals surface area (Å²) in [5, 5.41) is 8.34. The lowest BCUT2D eigenvalue weighted by atomic mass is 9.94. The van der Waals surface area contributed by atoms with Crippen molar-refractivity contribution in [3.63, 3.8) is 0 Å². The van der Waals surface area contributed by atoms with Crippen LogP contribution in [0.2, 0.25) is 0 Å². The summed E-state index contributed by atoms with van der Waals surface area (Å²) in [6, 6.07) is 2.05. The molecule has 3 nitrogen and oxygen atoms in total. The molecule has 17 heavy (non-hydrogen) atoms. The van der Waals surface area contributed by atoms with Crippen LogP contribution in [0.3, 0.4) is 0 Å². The molecule has 1 aliphatic rings. The summed E-state index contributed by atoms with van der Waals surface area (Å²) in [7, 11) is 0. The minimum Gasteiger partial charge on any atom is -0.351 e. The Hall–Kier alpha value is -0.390. The van der Waals surface area contributed by atoms with Gasteiger partial charge < -0.3 is 10.6 Å². The van der Waals surface area contributed by atoms with Crippen LogP contribution in [0.1, 0.15) is 24.1 Å². The normalized spacial score (nSPS) is 17.0. The minimum absolute atomic E-state index is 0.182. The van der Waals surface area contributed by atoms with Crippen molar-refractivity contribution < 1.29 is 4.79 Å². The number of piperidine rings is 1. The van der Waals surface area contributed by atoms with Crippen LogP contribution in [0.15, 0.2) is 15.9 Å². The van der Waals surface area contributed by atoms with Gasteiger partial charge in [-0.15, -0.1) is 11.3 Å². The van der Waals surface area contributed by atoms with E-state index in [1.807, 2.05) is 5.38 Å². The molecule has 0 aliphatic carbocycles. The van der Waals surface area contributed by atoms with Crippen molar-refractivity contribution in [2.45, 2.75) is 25.8 Å². The van der Waals surface area contributed by atoms with E-state index in [1.54, 1.807) is 11.3 Å². The minimum atomic E-state index is 0.182. The Kier molecular flexibility index (Phi) is 5.00. The van der Waals surface area contributed by atoms with Crippen LogP contribution in [-0.2, 0) is 11.3 Å². The first-order chi connectivity index (χ1) is 8.24. The van der Waals surface area contributed by atoms with Crippen LogP contribution in [0, 0.1) is 5.92 Å². The number of carbonyl (C=O) groups excluding carboxylic acids is 1. The molecule has 0 saturated carbocycles. The number of hydrogen-bond donors (Lipinski definition) is 2. The van der Waals surface area contributed by atoms with E-state index in [0.29, 0.717) is 18.9 Å². The molecule has 1 amide bonds. The zero-order chi connectivity index (χ0) is 12.1. The zero-order valence-corrected chi connectivity index (χ0v) is 12.1. The predicted molar refractivity (Wildman–Crippen MR) is 74.1 cm³/mol. The van der Waals surface area contributed by atoms with Gasteiger partial charge in [-0.1, -0.05) is 0 Å². The van der Waals surface area contributed by atoms with Crippen molar-refractivity contribution in [3.05, 3.63) is 20.8 Å². The van der Waals surface area contributed by atoms with Crippen molar-refractivity contribution >= 4 is 33.2 Å². The summed E-state index contributed by atoms with van der Waals surface area (Å²) in [4.78, 5) is 12.9. The highest BCUT2D eigenvalue weighted by molar-refractivity contribution is 9.10. The second-order valence-electron chi connectivity index (χ2n) is 4.41. The molecule has 5 heteroatoms. The molecule has 0 atom stereocenters. The van der Waals surface area contributed by atoms with E-state index in [2.05, 4.69) is 32.6 Å². The van der Waals surface area contributed by atoms with Gasteiger partial charge in [-0.2, -0.15) is 0 Å². The molecule has 0 unspecified atom stereocenters. The first-order valence-electron chi connectivity index (χ1n) is 5.94. The van der Waals surface area contributed by atoms with Crippen LogP contribution in [0.4, 0.5) is 0 Å². The van der Waals surface area contributed by atoms with E-state index in [-0.39, 0.29) is 5.91 Å². The SMILES string of the molecule is O=C(CC1CCNCC1)NCc1cc(Br)cs1. The standard InChI is InChI=1S/C12H17BrN2OS/c13-10-6-11(17-8-10)7-15-12(16)5-9-1-3-14-4-2-9/h6,8-9,14H,1-5,7H2,(H,15,16). The summed E-state index contributed by atoms with van der Waals surface area (Å²) in [6.07, 6.45) is 2.92. The van der Waals surface area contributed by atoms with Gasteiger partial charge in [-0.05, 0) is 53.8 Å². The maximum atomic E-state index is 11.8. The molecule has 0 aromatic carbocycles. The fourth-order valence-corrected chi connectivity index (χ4v) is 3.44.